The summed E-state index contributed by atoms with van der Waals surface area (Å²) in [5.74, 6) is -3.35. The van der Waals surface area contributed by atoms with Crippen LogP contribution in [0.5, 0.6) is 0 Å². The van der Waals surface area contributed by atoms with Gasteiger partial charge in [-0.15, -0.1) is 23.2 Å². The third-order valence-electron chi connectivity index (χ3n) is 8.82. The third-order valence-corrected chi connectivity index (χ3v) is 10.1. The summed E-state index contributed by atoms with van der Waals surface area (Å²) in [6.07, 6.45) is 0.153. The van der Waals surface area contributed by atoms with Crippen LogP contribution in [0.25, 0.3) is 0 Å². The Kier molecular flexibility index (Phi) is 5.90. The molecule has 0 spiro atoms. The van der Waals surface area contributed by atoms with Crippen LogP contribution in [-0.2, 0) is 30.6 Å². The van der Waals surface area contributed by atoms with E-state index >= 15 is 0 Å². The number of imide groups is 1. The smallest absolute Gasteiger partial charge is 0.248 e. The molecule has 2 bridgehead atoms. The number of nitrogens with zero attached hydrogens (tertiary/aromatic N) is 1. The molecule has 1 fully saturated rings. The minimum atomic E-state index is -1.30. The predicted octanol–water partition coefficient (Wildman–Crippen LogP) is 6.14. The first kappa shape index (κ1) is 26.0. The zero-order valence-electron chi connectivity index (χ0n) is 22.2. The van der Waals surface area contributed by atoms with Crippen molar-refractivity contribution < 1.29 is 14.4 Å². The van der Waals surface area contributed by atoms with E-state index in [2.05, 4.69) is 5.32 Å². The summed E-state index contributed by atoms with van der Waals surface area (Å²) in [4.78, 5) is 41.5. The van der Waals surface area contributed by atoms with Gasteiger partial charge in [-0.1, -0.05) is 96.6 Å². The molecule has 0 radical (unpaired) electrons. The second kappa shape index (κ2) is 9.30. The third kappa shape index (κ3) is 3.58. The number of anilines is 1. The number of hydrogen-bond acceptors (Lipinski definition) is 3. The lowest BCUT2D eigenvalue weighted by Gasteiger charge is -2.54. The Labute approximate surface area is 248 Å². The molecule has 0 aromatic heterocycles. The van der Waals surface area contributed by atoms with E-state index in [1.807, 2.05) is 97.9 Å². The molecule has 5 nitrogen and oxygen atoms in total. The van der Waals surface area contributed by atoms with Crippen molar-refractivity contribution in [3.63, 3.8) is 0 Å². The monoisotopic (exact) mass is 580 g/mol. The fourth-order valence-electron chi connectivity index (χ4n) is 7.00. The Morgan fingerprint density at radius 1 is 0.732 bits per heavy atom. The topological polar surface area (TPSA) is 66.5 Å². The van der Waals surface area contributed by atoms with Gasteiger partial charge in [0, 0.05) is 12.1 Å². The highest BCUT2D eigenvalue weighted by molar-refractivity contribution is 6.36. The summed E-state index contributed by atoms with van der Waals surface area (Å²) in [5, 5.41) is 2.93. The van der Waals surface area contributed by atoms with Gasteiger partial charge in [0.25, 0.3) is 0 Å². The number of carbonyl (C=O) groups is 3. The molecular formula is C34H26Cl2N2O3. The lowest BCUT2D eigenvalue weighted by Crippen LogP contribution is -2.57. The van der Waals surface area contributed by atoms with Crippen molar-refractivity contribution in [3.05, 3.63) is 137 Å². The van der Waals surface area contributed by atoms with Crippen molar-refractivity contribution in [2.45, 2.75) is 29.1 Å². The molecule has 4 aliphatic rings. The normalized spacial score (nSPS) is 26.3. The van der Waals surface area contributed by atoms with E-state index in [-0.39, 0.29) is 6.42 Å². The van der Waals surface area contributed by atoms with Crippen LogP contribution in [0.4, 0.5) is 5.69 Å². The van der Waals surface area contributed by atoms with Gasteiger partial charge in [0.2, 0.25) is 17.7 Å². The van der Waals surface area contributed by atoms with Crippen LogP contribution >= 0.6 is 23.2 Å². The second-order valence-corrected chi connectivity index (χ2v) is 12.3. The van der Waals surface area contributed by atoms with E-state index in [9.17, 15) is 14.4 Å². The number of aryl methyl sites for hydroxylation is 1. The number of nitrogens with one attached hydrogen (secondary N) is 1. The summed E-state index contributed by atoms with van der Waals surface area (Å²) in [6.45, 7) is 1.96. The molecule has 41 heavy (non-hydrogen) atoms. The number of rotatable bonds is 5. The van der Waals surface area contributed by atoms with E-state index in [4.69, 9.17) is 23.2 Å². The van der Waals surface area contributed by atoms with E-state index < -0.39 is 45.3 Å². The van der Waals surface area contributed by atoms with Gasteiger partial charge in [0.1, 0.15) is 15.8 Å². The summed E-state index contributed by atoms with van der Waals surface area (Å²) in [6, 6.07) is 30.7. The van der Waals surface area contributed by atoms with E-state index in [1.165, 1.54) is 0 Å². The Bertz CT molecular complexity index is 1600. The first-order valence-electron chi connectivity index (χ1n) is 13.6. The average Bonchev–Trinajstić information content (AvgIpc) is 3.27. The molecule has 0 saturated carbocycles. The van der Waals surface area contributed by atoms with Gasteiger partial charge in [0.05, 0.1) is 11.8 Å². The van der Waals surface area contributed by atoms with Crippen molar-refractivity contribution in [3.8, 4) is 0 Å². The van der Waals surface area contributed by atoms with Crippen LogP contribution in [0.1, 0.15) is 33.4 Å². The van der Waals surface area contributed by atoms with Crippen LogP contribution in [-0.4, -0.2) is 28.7 Å². The standard InChI is InChI=1S/C34H26Cl2N2O3/c1-20-15-17-22(18-16-20)37-30(39)27(19-21-9-3-2-4-10-21)38-31(40)28-29(32(38)41)34(36)24-12-6-5-11-23(24)33(28,35)25-13-7-8-14-26(25)34/h2-18,27-29H,19H2,1H3,(H,37,39)/t27-,28-,29+,33?,34?/m0/s1. The molecule has 1 saturated heterocycles. The summed E-state index contributed by atoms with van der Waals surface area (Å²) in [5.41, 5.74) is 5.35. The fraction of sp³-hybridized carbons (Fsp3) is 0.206. The van der Waals surface area contributed by atoms with Crippen LogP contribution in [0.2, 0.25) is 0 Å². The molecule has 8 rings (SSSR count). The first-order valence-corrected chi connectivity index (χ1v) is 14.4. The molecule has 4 aromatic rings. The molecule has 4 aromatic carbocycles. The number of likely N-dealkylation sites (tertiary alicyclic amines) is 1. The highest BCUT2D eigenvalue weighted by Crippen LogP contribution is 2.69. The Morgan fingerprint density at radius 3 is 1.63 bits per heavy atom. The number of carbonyl (C=O) groups excluding carboxylic acids is 3. The van der Waals surface area contributed by atoms with Gasteiger partial charge in [-0.05, 0) is 46.9 Å². The molecule has 1 aliphatic heterocycles. The molecule has 204 valence electrons. The Hall–Kier alpha value is -3.93. The van der Waals surface area contributed by atoms with Crippen LogP contribution in [0.3, 0.4) is 0 Å². The fourth-order valence-corrected chi connectivity index (χ4v) is 8.09. The minimum Gasteiger partial charge on any atom is -0.324 e. The maximum Gasteiger partial charge on any atom is 0.248 e. The quantitative estimate of drug-likeness (QED) is 0.228. The predicted molar refractivity (Wildman–Crippen MR) is 159 cm³/mol. The molecule has 1 heterocycles. The van der Waals surface area contributed by atoms with E-state index in [0.717, 1.165) is 38.3 Å². The lowest BCUT2D eigenvalue weighted by atomic mass is 9.54. The van der Waals surface area contributed by atoms with Crippen molar-refractivity contribution in [1.82, 2.24) is 4.90 Å². The first-order chi connectivity index (χ1) is 19.8. The number of alkyl halides is 2. The maximum absolute atomic E-state index is 14.5. The summed E-state index contributed by atoms with van der Waals surface area (Å²) >= 11 is 15.2. The largest absolute Gasteiger partial charge is 0.324 e. The van der Waals surface area contributed by atoms with E-state index in [1.54, 1.807) is 12.1 Å². The zero-order chi connectivity index (χ0) is 28.5. The van der Waals surface area contributed by atoms with Crippen LogP contribution in [0.15, 0.2) is 103 Å². The molecule has 3 aliphatic carbocycles. The second-order valence-electron chi connectivity index (χ2n) is 11.1. The molecule has 7 heteroatoms. The van der Waals surface area contributed by atoms with Gasteiger partial charge >= 0.3 is 0 Å². The lowest BCUT2D eigenvalue weighted by molar-refractivity contribution is -0.146. The van der Waals surface area contributed by atoms with Crippen molar-refractivity contribution in [2.75, 3.05) is 5.32 Å². The summed E-state index contributed by atoms with van der Waals surface area (Å²) in [7, 11) is 0. The van der Waals surface area contributed by atoms with E-state index in [0.29, 0.717) is 5.69 Å². The Balaban J connectivity index is 1.36. The molecule has 3 amide bonds. The highest BCUT2D eigenvalue weighted by atomic mass is 35.5. The molecule has 1 N–H and O–H groups in total. The molecular weight excluding hydrogens is 555 g/mol. The summed E-state index contributed by atoms with van der Waals surface area (Å²) < 4.78 is 0. The number of benzene rings is 4. The van der Waals surface area contributed by atoms with Crippen molar-refractivity contribution in [2.24, 2.45) is 11.8 Å². The Morgan fingerprint density at radius 2 is 1.17 bits per heavy atom. The maximum atomic E-state index is 14.5. The van der Waals surface area contributed by atoms with Crippen molar-refractivity contribution >= 4 is 46.6 Å². The van der Waals surface area contributed by atoms with Crippen molar-refractivity contribution in [1.29, 1.82) is 0 Å². The van der Waals surface area contributed by atoms with Crippen LogP contribution in [0, 0.1) is 18.8 Å². The zero-order valence-corrected chi connectivity index (χ0v) is 23.7. The van der Waals surface area contributed by atoms with Gasteiger partial charge < -0.3 is 5.32 Å². The number of amides is 3. The number of hydrogen-bond donors (Lipinski definition) is 1. The van der Waals surface area contributed by atoms with Gasteiger partial charge in [0.15, 0.2) is 0 Å². The van der Waals surface area contributed by atoms with Crippen LogP contribution < -0.4 is 5.32 Å². The van der Waals surface area contributed by atoms with Gasteiger partial charge in [-0.25, -0.2) is 0 Å². The molecule has 3 atom stereocenters. The van der Waals surface area contributed by atoms with Gasteiger partial charge in [-0.2, -0.15) is 0 Å². The highest BCUT2D eigenvalue weighted by Gasteiger charge is 2.73. The van der Waals surface area contributed by atoms with Gasteiger partial charge in [-0.3, -0.25) is 19.3 Å². The SMILES string of the molecule is Cc1ccc(NC(=O)[C@H](Cc2ccccc2)N2C(=O)[C@@H]3[C@H](C2=O)C2(Cl)c4ccccc4C3(Cl)c3ccccc32)cc1. The minimum absolute atomic E-state index is 0.153. The molecule has 0 unspecified atom stereocenters. The average molecular weight is 581 g/mol. The number of halogens is 2.